The van der Waals surface area contributed by atoms with Crippen molar-refractivity contribution < 1.29 is 5.11 Å². The number of hydrogen-bond donors (Lipinski definition) is 2. The molecule has 0 atom stereocenters. The molecule has 0 saturated heterocycles. The Morgan fingerprint density at radius 2 is 1.88 bits per heavy atom. The summed E-state index contributed by atoms with van der Waals surface area (Å²) in [6.07, 6.45) is 0. The highest BCUT2D eigenvalue weighted by molar-refractivity contribution is 5.62. The van der Waals surface area contributed by atoms with Crippen molar-refractivity contribution >= 4 is 5.95 Å². The number of nitrogen functional groups attached to an aromatic ring is 1. The average Bonchev–Trinajstić information content (AvgIpc) is 2.20. The maximum absolute atomic E-state index is 9.43. The van der Waals surface area contributed by atoms with Gasteiger partial charge in [0.15, 0.2) is 5.82 Å². The fourth-order valence-corrected chi connectivity index (χ4v) is 1.47. The van der Waals surface area contributed by atoms with Gasteiger partial charge in [-0.3, -0.25) is 0 Å². The van der Waals surface area contributed by atoms with Crippen molar-refractivity contribution in [2.75, 3.05) is 5.73 Å². The van der Waals surface area contributed by atoms with Crippen LogP contribution in [0, 0.1) is 13.8 Å². The zero-order valence-electron chi connectivity index (χ0n) is 9.10. The molecule has 1 aromatic heterocycles. The molecular weight excluding hydrogens is 204 g/mol. The van der Waals surface area contributed by atoms with Crippen LogP contribution in [0.2, 0.25) is 0 Å². The highest BCUT2D eigenvalue weighted by atomic mass is 16.3. The third kappa shape index (κ3) is 1.93. The number of nitrogens with two attached hydrogens (primary N) is 1. The standard InChI is InChI=1S/C11H12N4O/c1-6-3-4-8(16)5-9(6)10-13-7(2)14-11(12)15-10/h3-5,16H,1-2H3,(H2,12,13,14,15). The second-order valence-corrected chi connectivity index (χ2v) is 3.56. The number of aromatic nitrogens is 3. The minimum Gasteiger partial charge on any atom is -0.508 e. The molecule has 5 heteroatoms. The van der Waals surface area contributed by atoms with Gasteiger partial charge in [0.1, 0.15) is 11.6 Å². The number of hydrogen-bond acceptors (Lipinski definition) is 5. The molecule has 5 nitrogen and oxygen atoms in total. The molecule has 0 fully saturated rings. The van der Waals surface area contributed by atoms with E-state index in [1.807, 2.05) is 6.92 Å². The van der Waals surface area contributed by atoms with Gasteiger partial charge in [-0.05, 0) is 31.5 Å². The van der Waals surface area contributed by atoms with Crippen molar-refractivity contribution in [3.63, 3.8) is 0 Å². The van der Waals surface area contributed by atoms with E-state index in [9.17, 15) is 5.11 Å². The van der Waals surface area contributed by atoms with E-state index >= 15 is 0 Å². The maximum atomic E-state index is 9.43. The summed E-state index contributed by atoms with van der Waals surface area (Å²) in [6.45, 7) is 3.67. The van der Waals surface area contributed by atoms with Crippen LogP contribution in [-0.2, 0) is 0 Å². The molecule has 0 aliphatic heterocycles. The van der Waals surface area contributed by atoms with Crippen molar-refractivity contribution in [1.82, 2.24) is 15.0 Å². The number of benzene rings is 1. The van der Waals surface area contributed by atoms with Crippen LogP contribution in [0.1, 0.15) is 11.4 Å². The Morgan fingerprint density at radius 3 is 2.56 bits per heavy atom. The lowest BCUT2D eigenvalue weighted by Crippen LogP contribution is -2.02. The van der Waals surface area contributed by atoms with Gasteiger partial charge >= 0.3 is 0 Å². The SMILES string of the molecule is Cc1nc(N)nc(-c2cc(O)ccc2C)n1. The molecule has 16 heavy (non-hydrogen) atoms. The molecule has 0 aliphatic carbocycles. The van der Waals surface area contributed by atoms with Gasteiger partial charge in [0.05, 0.1) is 0 Å². The zero-order chi connectivity index (χ0) is 11.7. The first-order valence-corrected chi connectivity index (χ1v) is 4.84. The Hall–Kier alpha value is -2.17. The van der Waals surface area contributed by atoms with Gasteiger partial charge in [-0.25, -0.2) is 4.98 Å². The topological polar surface area (TPSA) is 84.9 Å². The summed E-state index contributed by atoms with van der Waals surface area (Å²) < 4.78 is 0. The summed E-state index contributed by atoms with van der Waals surface area (Å²) in [7, 11) is 0. The van der Waals surface area contributed by atoms with Gasteiger partial charge in [0, 0.05) is 5.56 Å². The minimum atomic E-state index is 0.178. The highest BCUT2D eigenvalue weighted by Crippen LogP contribution is 2.24. The van der Waals surface area contributed by atoms with E-state index in [-0.39, 0.29) is 11.7 Å². The van der Waals surface area contributed by atoms with Crippen LogP contribution < -0.4 is 5.73 Å². The third-order valence-electron chi connectivity index (χ3n) is 2.23. The van der Waals surface area contributed by atoms with Gasteiger partial charge in [-0.2, -0.15) is 9.97 Å². The van der Waals surface area contributed by atoms with Crippen molar-refractivity contribution in [3.05, 3.63) is 29.6 Å². The molecule has 82 valence electrons. The number of aromatic hydroxyl groups is 1. The number of rotatable bonds is 1. The van der Waals surface area contributed by atoms with E-state index in [0.717, 1.165) is 11.1 Å². The molecule has 2 rings (SSSR count). The van der Waals surface area contributed by atoms with E-state index in [1.165, 1.54) is 0 Å². The first-order valence-electron chi connectivity index (χ1n) is 4.84. The summed E-state index contributed by atoms with van der Waals surface area (Å²) in [5, 5.41) is 9.43. The van der Waals surface area contributed by atoms with E-state index in [2.05, 4.69) is 15.0 Å². The summed E-state index contributed by atoms with van der Waals surface area (Å²) in [4.78, 5) is 12.1. The van der Waals surface area contributed by atoms with Crippen LogP contribution in [0.25, 0.3) is 11.4 Å². The Kier molecular flexibility index (Phi) is 2.44. The van der Waals surface area contributed by atoms with Crippen LogP contribution in [0.15, 0.2) is 18.2 Å². The van der Waals surface area contributed by atoms with E-state index in [4.69, 9.17) is 5.73 Å². The second-order valence-electron chi connectivity index (χ2n) is 3.56. The van der Waals surface area contributed by atoms with Gasteiger partial charge in [0.2, 0.25) is 5.95 Å². The lowest BCUT2D eigenvalue weighted by Gasteiger charge is -2.06. The molecule has 0 radical (unpaired) electrons. The van der Waals surface area contributed by atoms with Crippen LogP contribution in [0.4, 0.5) is 5.95 Å². The predicted octanol–water partition coefficient (Wildman–Crippen LogP) is 1.44. The first kappa shape index (κ1) is 10.4. The second kappa shape index (κ2) is 3.77. The molecular formula is C11H12N4O. The summed E-state index contributed by atoms with van der Waals surface area (Å²) >= 11 is 0. The van der Waals surface area contributed by atoms with E-state index in [1.54, 1.807) is 25.1 Å². The quantitative estimate of drug-likeness (QED) is 0.753. The smallest absolute Gasteiger partial charge is 0.223 e. The molecule has 0 amide bonds. The lowest BCUT2D eigenvalue weighted by molar-refractivity contribution is 0.475. The van der Waals surface area contributed by atoms with Crippen molar-refractivity contribution in [1.29, 1.82) is 0 Å². The van der Waals surface area contributed by atoms with Crippen LogP contribution in [0.3, 0.4) is 0 Å². The molecule has 2 aromatic rings. The van der Waals surface area contributed by atoms with Crippen LogP contribution in [-0.4, -0.2) is 20.1 Å². The van der Waals surface area contributed by atoms with E-state index < -0.39 is 0 Å². The molecule has 1 heterocycles. The Bertz CT molecular complexity index is 519. The summed E-state index contributed by atoms with van der Waals surface area (Å²) in [5.74, 6) is 1.41. The Balaban J connectivity index is 2.62. The number of phenolic OH excluding ortho intramolecular Hbond substituents is 1. The fourth-order valence-electron chi connectivity index (χ4n) is 1.47. The van der Waals surface area contributed by atoms with Crippen LogP contribution >= 0.6 is 0 Å². The molecule has 3 N–H and O–H groups in total. The largest absolute Gasteiger partial charge is 0.508 e. The molecule has 0 saturated carbocycles. The number of nitrogens with zero attached hydrogens (tertiary/aromatic N) is 3. The molecule has 1 aromatic carbocycles. The van der Waals surface area contributed by atoms with Gasteiger partial charge in [0.25, 0.3) is 0 Å². The number of phenols is 1. The predicted molar refractivity (Wildman–Crippen MR) is 60.8 cm³/mol. The summed E-state index contributed by atoms with van der Waals surface area (Å²) in [6, 6.07) is 5.04. The Morgan fingerprint density at radius 1 is 1.12 bits per heavy atom. The zero-order valence-corrected chi connectivity index (χ0v) is 9.10. The fraction of sp³-hybridized carbons (Fsp3) is 0.182. The number of anilines is 1. The molecule has 0 unspecified atom stereocenters. The summed E-state index contributed by atoms with van der Waals surface area (Å²) in [5.41, 5.74) is 7.30. The van der Waals surface area contributed by atoms with Gasteiger partial charge in [-0.15, -0.1) is 0 Å². The first-order chi connectivity index (χ1) is 7.56. The minimum absolute atomic E-state index is 0.178. The third-order valence-corrected chi connectivity index (χ3v) is 2.23. The Labute approximate surface area is 93.0 Å². The van der Waals surface area contributed by atoms with Gasteiger partial charge in [-0.1, -0.05) is 6.07 Å². The van der Waals surface area contributed by atoms with Crippen molar-refractivity contribution in [3.8, 4) is 17.1 Å². The maximum Gasteiger partial charge on any atom is 0.223 e. The van der Waals surface area contributed by atoms with Crippen molar-refractivity contribution in [2.24, 2.45) is 0 Å². The van der Waals surface area contributed by atoms with Gasteiger partial charge < -0.3 is 10.8 Å². The molecule has 0 bridgehead atoms. The molecule has 0 spiro atoms. The van der Waals surface area contributed by atoms with E-state index in [0.29, 0.717) is 11.6 Å². The lowest BCUT2D eigenvalue weighted by atomic mass is 10.1. The molecule has 0 aliphatic rings. The average molecular weight is 216 g/mol. The normalized spacial score (nSPS) is 10.4. The highest BCUT2D eigenvalue weighted by Gasteiger charge is 2.08. The van der Waals surface area contributed by atoms with Crippen LogP contribution in [0.5, 0.6) is 5.75 Å². The number of aryl methyl sites for hydroxylation is 2. The van der Waals surface area contributed by atoms with Crippen molar-refractivity contribution in [2.45, 2.75) is 13.8 Å². The monoisotopic (exact) mass is 216 g/mol.